The van der Waals surface area contributed by atoms with Crippen LogP contribution in [0.2, 0.25) is 0 Å². The summed E-state index contributed by atoms with van der Waals surface area (Å²) in [5, 5.41) is 3.89. The van der Waals surface area contributed by atoms with E-state index in [0.717, 1.165) is 25.3 Å². The highest BCUT2D eigenvalue weighted by Crippen LogP contribution is 2.35. The Hall–Kier alpha value is -0.120. The largest absolute Gasteiger partial charge is 0.381 e. The highest BCUT2D eigenvalue weighted by molar-refractivity contribution is 5.02. The predicted molar refractivity (Wildman–Crippen MR) is 73.8 cm³/mol. The van der Waals surface area contributed by atoms with Gasteiger partial charge in [-0.05, 0) is 32.1 Å². The Morgan fingerprint density at radius 3 is 2.61 bits per heavy atom. The highest BCUT2D eigenvalue weighted by atomic mass is 16.5. The molecule has 0 aromatic rings. The number of piperazine rings is 1. The van der Waals surface area contributed by atoms with Gasteiger partial charge < -0.3 is 10.1 Å². The van der Waals surface area contributed by atoms with Gasteiger partial charge in [-0.25, -0.2) is 0 Å². The molecule has 1 unspecified atom stereocenters. The van der Waals surface area contributed by atoms with Crippen LogP contribution in [-0.4, -0.2) is 48.8 Å². The van der Waals surface area contributed by atoms with Gasteiger partial charge in [-0.2, -0.15) is 0 Å². The normalized spacial score (nSPS) is 34.2. The first-order valence-electron chi connectivity index (χ1n) is 7.91. The Labute approximate surface area is 111 Å². The number of hydrogen-bond acceptors (Lipinski definition) is 3. The zero-order valence-electron chi connectivity index (χ0n) is 11.8. The van der Waals surface area contributed by atoms with Gasteiger partial charge in [0.1, 0.15) is 0 Å². The molecule has 0 bridgehead atoms. The Morgan fingerprint density at radius 1 is 1.22 bits per heavy atom. The topological polar surface area (TPSA) is 24.5 Å². The van der Waals surface area contributed by atoms with Gasteiger partial charge in [0.2, 0.25) is 0 Å². The van der Waals surface area contributed by atoms with E-state index in [9.17, 15) is 0 Å². The molecule has 0 aromatic heterocycles. The summed E-state index contributed by atoms with van der Waals surface area (Å²) >= 11 is 0. The average Bonchev–Trinajstić information content (AvgIpc) is 2.88. The van der Waals surface area contributed by atoms with E-state index in [2.05, 4.69) is 17.1 Å². The second-order valence-electron chi connectivity index (χ2n) is 6.45. The fraction of sp³-hybridized carbons (Fsp3) is 1.00. The van der Waals surface area contributed by atoms with Gasteiger partial charge in [0.05, 0.1) is 0 Å². The lowest BCUT2D eigenvalue weighted by atomic mass is 9.89. The molecule has 1 aliphatic carbocycles. The minimum atomic E-state index is 0.462. The molecule has 104 valence electrons. The zero-order chi connectivity index (χ0) is 12.4. The Balaban J connectivity index is 1.70. The molecule has 1 N–H and O–H groups in total. The van der Waals surface area contributed by atoms with Crippen molar-refractivity contribution in [3.63, 3.8) is 0 Å². The lowest BCUT2D eigenvalue weighted by Crippen LogP contribution is -2.65. The molecule has 18 heavy (non-hydrogen) atoms. The minimum absolute atomic E-state index is 0.462. The van der Waals surface area contributed by atoms with Crippen molar-refractivity contribution < 1.29 is 4.74 Å². The van der Waals surface area contributed by atoms with Crippen molar-refractivity contribution in [1.29, 1.82) is 0 Å². The van der Waals surface area contributed by atoms with E-state index in [1.54, 1.807) is 0 Å². The third kappa shape index (κ3) is 2.45. The highest BCUT2D eigenvalue weighted by Gasteiger charge is 2.42. The van der Waals surface area contributed by atoms with Crippen molar-refractivity contribution >= 4 is 0 Å². The van der Waals surface area contributed by atoms with Gasteiger partial charge in [-0.15, -0.1) is 0 Å². The molecule has 2 aliphatic heterocycles. The molecule has 3 rings (SSSR count). The summed E-state index contributed by atoms with van der Waals surface area (Å²) in [5.74, 6) is 0. The second kappa shape index (κ2) is 5.48. The van der Waals surface area contributed by atoms with Gasteiger partial charge in [-0.1, -0.05) is 19.8 Å². The van der Waals surface area contributed by atoms with Crippen LogP contribution in [0.5, 0.6) is 0 Å². The minimum Gasteiger partial charge on any atom is -0.381 e. The molecule has 2 heterocycles. The molecule has 0 radical (unpaired) electrons. The quantitative estimate of drug-likeness (QED) is 0.815. The number of nitrogens with zero attached hydrogens (tertiary/aromatic N) is 1. The van der Waals surface area contributed by atoms with Crippen LogP contribution >= 0.6 is 0 Å². The maximum atomic E-state index is 5.53. The molecular formula is C15H28N2O. The first kappa shape index (κ1) is 12.9. The molecule has 0 amide bonds. The third-order valence-electron chi connectivity index (χ3n) is 5.36. The van der Waals surface area contributed by atoms with E-state index in [-0.39, 0.29) is 0 Å². The maximum absolute atomic E-state index is 5.53. The lowest BCUT2D eigenvalue weighted by Gasteiger charge is -2.50. The van der Waals surface area contributed by atoms with E-state index >= 15 is 0 Å². The Kier molecular flexibility index (Phi) is 3.92. The molecule has 1 atom stereocenters. The van der Waals surface area contributed by atoms with Gasteiger partial charge in [0, 0.05) is 43.9 Å². The summed E-state index contributed by atoms with van der Waals surface area (Å²) in [6, 6.07) is 1.53. The average molecular weight is 252 g/mol. The fourth-order valence-corrected chi connectivity index (χ4v) is 4.20. The number of hydrogen-bond donors (Lipinski definition) is 1. The van der Waals surface area contributed by atoms with Gasteiger partial charge in [0.15, 0.2) is 0 Å². The first-order valence-corrected chi connectivity index (χ1v) is 7.91. The van der Waals surface area contributed by atoms with Gasteiger partial charge >= 0.3 is 0 Å². The standard InChI is InChI=1S/C15H28N2O/c1-2-13-11-16-15(7-3-4-8-15)12-17(13)14-5-9-18-10-6-14/h13-14,16H,2-12H2,1H3. The third-order valence-corrected chi connectivity index (χ3v) is 5.36. The SMILES string of the molecule is CCC1CNC2(CCCC2)CN1C1CCOCC1. The van der Waals surface area contributed by atoms with Crippen LogP contribution in [0.3, 0.4) is 0 Å². The molecule has 3 aliphatic rings. The molecule has 3 heteroatoms. The van der Waals surface area contributed by atoms with Crippen LogP contribution in [0.4, 0.5) is 0 Å². The molecule has 1 saturated carbocycles. The predicted octanol–water partition coefficient (Wildman–Crippen LogP) is 2.16. The summed E-state index contributed by atoms with van der Waals surface area (Å²) in [7, 11) is 0. The van der Waals surface area contributed by atoms with E-state index in [1.165, 1.54) is 58.0 Å². The smallest absolute Gasteiger partial charge is 0.0480 e. The monoisotopic (exact) mass is 252 g/mol. The summed E-state index contributed by atoms with van der Waals surface area (Å²) < 4.78 is 5.53. The Morgan fingerprint density at radius 2 is 1.94 bits per heavy atom. The molecule has 3 fully saturated rings. The van der Waals surface area contributed by atoms with Crippen LogP contribution in [0.25, 0.3) is 0 Å². The van der Waals surface area contributed by atoms with Crippen molar-refractivity contribution in [3.8, 4) is 0 Å². The van der Waals surface area contributed by atoms with Crippen LogP contribution < -0.4 is 5.32 Å². The number of nitrogens with one attached hydrogen (secondary N) is 1. The van der Waals surface area contributed by atoms with Crippen molar-refractivity contribution in [1.82, 2.24) is 10.2 Å². The van der Waals surface area contributed by atoms with E-state index in [4.69, 9.17) is 4.74 Å². The molecule has 1 spiro atoms. The van der Waals surface area contributed by atoms with Gasteiger partial charge in [-0.3, -0.25) is 4.90 Å². The fourth-order valence-electron chi connectivity index (χ4n) is 4.20. The molecule has 2 saturated heterocycles. The lowest BCUT2D eigenvalue weighted by molar-refractivity contribution is -0.0164. The van der Waals surface area contributed by atoms with Crippen LogP contribution in [0, 0.1) is 0 Å². The molecular weight excluding hydrogens is 224 g/mol. The summed E-state index contributed by atoms with van der Waals surface area (Å²) in [6.45, 7) is 6.77. The second-order valence-corrected chi connectivity index (χ2v) is 6.45. The maximum Gasteiger partial charge on any atom is 0.0480 e. The van der Waals surface area contributed by atoms with E-state index in [0.29, 0.717) is 5.54 Å². The molecule has 0 aromatic carbocycles. The summed E-state index contributed by atoms with van der Waals surface area (Å²) in [5.41, 5.74) is 0.462. The van der Waals surface area contributed by atoms with Crippen molar-refractivity contribution in [2.75, 3.05) is 26.3 Å². The van der Waals surface area contributed by atoms with Crippen molar-refractivity contribution in [2.45, 2.75) is 69.5 Å². The number of rotatable bonds is 2. The summed E-state index contributed by atoms with van der Waals surface area (Å²) in [4.78, 5) is 2.84. The van der Waals surface area contributed by atoms with Crippen LogP contribution in [0.15, 0.2) is 0 Å². The van der Waals surface area contributed by atoms with Crippen molar-refractivity contribution in [2.24, 2.45) is 0 Å². The Bertz CT molecular complexity index is 270. The number of ether oxygens (including phenoxy) is 1. The summed E-state index contributed by atoms with van der Waals surface area (Å²) in [6.07, 6.45) is 9.39. The van der Waals surface area contributed by atoms with Crippen molar-refractivity contribution in [3.05, 3.63) is 0 Å². The van der Waals surface area contributed by atoms with Crippen LogP contribution in [-0.2, 0) is 4.74 Å². The van der Waals surface area contributed by atoms with E-state index < -0.39 is 0 Å². The zero-order valence-corrected chi connectivity index (χ0v) is 11.8. The molecule has 3 nitrogen and oxygen atoms in total. The van der Waals surface area contributed by atoms with Crippen LogP contribution in [0.1, 0.15) is 51.9 Å². The van der Waals surface area contributed by atoms with Gasteiger partial charge in [0.25, 0.3) is 0 Å². The first-order chi connectivity index (χ1) is 8.83. The van der Waals surface area contributed by atoms with E-state index in [1.807, 2.05) is 0 Å².